The molecule has 4 aromatic carbocycles. The molecule has 0 bridgehead atoms. The van der Waals surface area contributed by atoms with E-state index in [4.69, 9.17) is 4.11 Å². The van der Waals surface area contributed by atoms with Crippen LogP contribution in [0.3, 0.4) is 0 Å². The summed E-state index contributed by atoms with van der Waals surface area (Å²) in [5.74, 6) is 0. The van der Waals surface area contributed by atoms with Crippen molar-refractivity contribution in [1.82, 2.24) is 9.97 Å². The predicted molar refractivity (Wildman–Crippen MR) is 189 cm³/mol. The quantitative estimate of drug-likeness (QED) is 0.124. The summed E-state index contributed by atoms with van der Waals surface area (Å²) in [4.78, 5) is 9.09. The molecular formula is C41H40IrN2Si-2. The van der Waals surface area contributed by atoms with Gasteiger partial charge in [-0.05, 0) is 39.3 Å². The fraction of sp³-hybridized carbons (Fsp3) is 0.171. The zero-order valence-corrected chi connectivity index (χ0v) is 29.8. The van der Waals surface area contributed by atoms with Crippen molar-refractivity contribution in [3.8, 4) is 33.6 Å². The van der Waals surface area contributed by atoms with Gasteiger partial charge in [-0.3, -0.25) is 0 Å². The molecule has 2 aromatic heterocycles. The van der Waals surface area contributed by atoms with Gasteiger partial charge in [0.15, 0.2) is 0 Å². The molecule has 45 heavy (non-hydrogen) atoms. The average molecular weight is 784 g/mol. The van der Waals surface area contributed by atoms with E-state index in [1.54, 1.807) is 6.07 Å². The van der Waals surface area contributed by atoms with Crippen molar-refractivity contribution >= 4 is 13.3 Å². The third kappa shape index (κ3) is 8.41. The zero-order valence-electron chi connectivity index (χ0n) is 29.4. The maximum Gasteiger partial charge on any atom is 0.0795 e. The summed E-state index contributed by atoms with van der Waals surface area (Å²) in [6, 6.07) is 46.3. The van der Waals surface area contributed by atoms with Gasteiger partial charge in [0, 0.05) is 42.0 Å². The fourth-order valence-electron chi connectivity index (χ4n) is 5.03. The second-order valence-corrected chi connectivity index (χ2v) is 17.5. The molecule has 0 spiro atoms. The van der Waals surface area contributed by atoms with Crippen LogP contribution in [0.2, 0.25) is 19.6 Å². The van der Waals surface area contributed by atoms with Crippen molar-refractivity contribution in [1.29, 1.82) is 0 Å². The maximum atomic E-state index is 7.84. The van der Waals surface area contributed by atoms with Crippen LogP contribution in [0.5, 0.6) is 0 Å². The first kappa shape index (κ1) is 29.7. The molecular weight excluding hydrogens is 741 g/mol. The molecule has 0 aliphatic carbocycles. The van der Waals surface area contributed by atoms with Crippen molar-refractivity contribution < 1.29 is 24.2 Å². The molecule has 0 unspecified atom stereocenters. The van der Waals surface area contributed by atoms with E-state index in [-0.39, 0.29) is 25.5 Å². The summed E-state index contributed by atoms with van der Waals surface area (Å²) < 4.78 is 23.5. The molecule has 2 heterocycles. The normalized spacial score (nSPS) is 12.4. The molecule has 6 aromatic rings. The number of rotatable bonds is 6. The van der Waals surface area contributed by atoms with Crippen LogP contribution in [-0.4, -0.2) is 18.0 Å². The van der Waals surface area contributed by atoms with Crippen LogP contribution in [0, 0.1) is 19.0 Å². The Bertz CT molecular complexity index is 1900. The number of aryl methyl sites for hydroxylation is 1. The minimum atomic E-state index is -2.19. The van der Waals surface area contributed by atoms with Crippen LogP contribution in [-0.2, 0) is 25.5 Å². The molecule has 0 aliphatic heterocycles. The smallest absolute Gasteiger partial charge is 0.0795 e. The zero-order chi connectivity index (χ0) is 33.7. The van der Waals surface area contributed by atoms with Crippen molar-refractivity contribution in [2.75, 3.05) is 0 Å². The second-order valence-electron chi connectivity index (χ2n) is 12.4. The molecule has 229 valence electrons. The monoisotopic (exact) mass is 784 g/mol. The Labute approximate surface area is 288 Å². The largest absolute Gasteiger partial charge is 0.305 e. The van der Waals surface area contributed by atoms with Crippen molar-refractivity contribution in [2.45, 2.75) is 45.8 Å². The van der Waals surface area contributed by atoms with Gasteiger partial charge in [-0.25, -0.2) is 0 Å². The number of pyridine rings is 2. The summed E-state index contributed by atoms with van der Waals surface area (Å²) in [6.07, 6.45) is 3.82. The van der Waals surface area contributed by atoms with Gasteiger partial charge in [0.2, 0.25) is 0 Å². The molecule has 1 radical (unpaired) electrons. The number of aromatic nitrogens is 2. The van der Waals surface area contributed by atoms with E-state index in [1.165, 1.54) is 16.3 Å². The molecule has 0 atom stereocenters. The van der Waals surface area contributed by atoms with E-state index < -0.39 is 14.9 Å². The van der Waals surface area contributed by atoms with Crippen molar-refractivity contribution in [2.24, 2.45) is 0 Å². The Balaban J connectivity index is 0.000000217. The molecule has 6 rings (SSSR count). The predicted octanol–water partition coefficient (Wildman–Crippen LogP) is 9.94. The van der Waals surface area contributed by atoms with E-state index >= 15 is 0 Å². The first-order valence-corrected chi connectivity index (χ1v) is 18.4. The van der Waals surface area contributed by atoms with Gasteiger partial charge in [-0.1, -0.05) is 125 Å². The van der Waals surface area contributed by atoms with Crippen LogP contribution in [0.4, 0.5) is 0 Å². The standard InChI is InChI=1S/C21H22NSi.C20H18N.Ir/c1-16-10-11-18(14-20(16)17-8-6-5-7-9-17)21-13-12-19(15-22-21)23(2,3)4;1-20(2,17-11-7-4-8-12-17)18-13-14-21-19(15-18)16-9-5-3-6-10-16;/h5-10,12-15H,1-4H3;3-9,11-15H,1-2H3;/q2*-1;/i1D3;;. The molecule has 0 fully saturated rings. The first-order chi connectivity index (χ1) is 22.3. The summed E-state index contributed by atoms with van der Waals surface area (Å²) in [5.41, 5.74) is 8.03. The third-order valence-corrected chi connectivity index (χ3v) is 9.93. The van der Waals surface area contributed by atoms with Gasteiger partial charge in [-0.2, -0.15) is 0 Å². The molecule has 0 N–H and O–H groups in total. The number of nitrogens with zero attached hydrogens (tertiary/aromatic N) is 2. The van der Waals surface area contributed by atoms with Crippen molar-refractivity contribution in [3.05, 3.63) is 163 Å². The van der Waals surface area contributed by atoms with Crippen LogP contribution in [0.1, 0.15) is 34.7 Å². The van der Waals surface area contributed by atoms with Gasteiger partial charge in [0.05, 0.1) is 8.07 Å². The summed E-state index contributed by atoms with van der Waals surface area (Å²) in [7, 11) is -1.40. The third-order valence-electron chi connectivity index (χ3n) is 7.90. The summed E-state index contributed by atoms with van der Waals surface area (Å²) in [5, 5.41) is 1.30. The maximum absolute atomic E-state index is 7.84. The van der Waals surface area contributed by atoms with E-state index in [0.717, 1.165) is 28.1 Å². The van der Waals surface area contributed by atoms with E-state index in [9.17, 15) is 0 Å². The summed E-state index contributed by atoms with van der Waals surface area (Å²) in [6.45, 7) is 9.17. The fourth-order valence-corrected chi connectivity index (χ4v) is 6.07. The topological polar surface area (TPSA) is 25.8 Å². The first-order valence-electron chi connectivity index (χ1n) is 16.4. The van der Waals surface area contributed by atoms with E-state index in [2.05, 4.69) is 104 Å². The van der Waals surface area contributed by atoms with Gasteiger partial charge < -0.3 is 9.97 Å². The Hall–Kier alpha value is -3.95. The Morgan fingerprint density at radius 2 is 1.40 bits per heavy atom. The Morgan fingerprint density at radius 3 is 2.02 bits per heavy atom. The molecule has 4 heteroatoms. The van der Waals surface area contributed by atoms with Gasteiger partial charge in [0.1, 0.15) is 0 Å². The second kappa shape index (κ2) is 14.9. The van der Waals surface area contributed by atoms with Gasteiger partial charge in [0.25, 0.3) is 0 Å². The number of hydrogen-bond acceptors (Lipinski definition) is 2. The van der Waals surface area contributed by atoms with Crippen LogP contribution < -0.4 is 5.19 Å². The van der Waals surface area contributed by atoms with Crippen LogP contribution >= 0.6 is 0 Å². The number of benzene rings is 4. The van der Waals surface area contributed by atoms with E-state index in [0.29, 0.717) is 11.1 Å². The minimum absolute atomic E-state index is 0. The Morgan fingerprint density at radius 1 is 0.689 bits per heavy atom. The van der Waals surface area contributed by atoms with Crippen molar-refractivity contribution in [3.63, 3.8) is 0 Å². The molecule has 0 saturated heterocycles. The molecule has 0 aliphatic rings. The average Bonchev–Trinajstić information content (AvgIpc) is 3.09. The van der Waals surface area contributed by atoms with E-state index in [1.807, 2.05) is 79.1 Å². The van der Waals surface area contributed by atoms with Crippen LogP contribution in [0.15, 0.2) is 134 Å². The van der Waals surface area contributed by atoms with Gasteiger partial charge in [-0.15, -0.1) is 65.2 Å². The summed E-state index contributed by atoms with van der Waals surface area (Å²) >= 11 is 0. The molecule has 0 saturated carbocycles. The SMILES string of the molecule is CC(C)(c1ccccc1)c1ccnc(-c2[c-]cccc2)c1.[2H]C([2H])([2H])c1c[c-]c(-c2ccc([Si](C)(C)C)cn2)cc1-c1ccccc1.[Ir]. The Kier molecular flexibility index (Phi) is 9.84. The number of hydrogen-bond donors (Lipinski definition) is 0. The molecule has 0 amide bonds. The van der Waals surface area contributed by atoms with Crippen LogP contribution in [0.25, 0.3) is 33.6 Å². The minimum Gasteiger partial charge on any atom is -0.305 e. The van der Waals surface area contributed by atoms with Gasteiger partial charge >= 0.3 is 0 Å². The molecule has 2 nitrogen and oxygen atoms in total.